The first-order valence-electron chi connectivity index (χ1n) is 18.9. The number of aryl methyl sites for hydroxylation is 1. The van der Waals surface area contributed by atoms with Gasteiger partial charge in [0.1, 0.15) is 5.82 Å². The van der Waals surface area contributed by atoms with Crippen molar-refractivity contribution in [1.82, 2.24) is 14.5 Å². The predicted molar refractivity (Wildman–Crippen MR) is 230 cm³/mol. The smallest absolute Gasteiger partial charge is 0.141 e. The van der Waals surface area contributed by atoms with Crippen molar-refractivity contribution in [3.63, 3.8) is 0 Å². The third-order valence-corrected chi connectivity index (χ3v) is 11.2. The Morgan fingerprint density at radius 1 is 0.436 bits per heavy atom. The highest BCUT2D eigenvalue weighted by atomic mass is 15.1. The topological polar surface area (TPSA) is 43.1 Å². The molecule has 0 aliphatic carbocycles. The highest BCUT2D eigenvalue weighted by Gasteiger charge is 2.20. The monoisotopic (exact) mass is 702 g/mol. The van der Waals surface area contributed by atoms with Gasteiger partial charge < -0.3 is 0 Å². The van der Waals surface area contributed by atoms with Crippen LogP contribution in [-0.4, -0.2) is 20.7 Å². The minimum atomic E-state index is 0.844. The predicted octanol–water partition coefficient (Wildman–Crippen LogP) is 13.2. The number of hydrogen-bond acceptors (Lipinski definition) is 3. The van der Waals surface area contributed by atoms with Crippen molar-refractivity contribution in [3.8, 4) is 50.5 Å². The van der Waals surface area contributed by atoms with Crippen LogP contribution in [0.5, 0.6) is 0 Å². The van der Waals surface area contributed by atoms with Crippen LogP contribution in [0.4, 0.5) is 5.82 Å². The molecular weight excluding hydrogens is 669 g/mol. The number of aromatic nitrogens is 3. The summed E-state index contributed by atoms with van der Waals surface area (Å²) in [5.41, 5.74) is 12.3. The first-order chi connectivity index (χ1) is 27.3. The summed E-state index contributed by atoms with van der Waals surface area (Å²) in [7, 11) is 0. The van der Waals surface area contributed by atoms with Gasteiger partial charge in [0.05, 0.1) is 16.9 Å². The molecule has 0 radical (unpaired) electrons. The Kier molecular flexibility index (Phi) is 7.27. The minimum Gasteiger partial charge on any atom is -0.294 e. The lowest BCUT2D eigenvalue weighted by Crippen LogP contribution is -1.97. The van der Waals surface area contributed by atoms with E-state index in [9.17, 15) is 0 Å². The molecule has 258 valence electrons. The van der Waals surface area contributed by atoms with E-state index >= 15 is 0 Å². The molecule has 55 heavy (non-hydrogen) atoms. The van der Waals surface area contributed by atoms with Gasteiger partial charge in [0.25, 0.3) is 0 Å². The maximum atomic E-state index is 4.98. The van der Waals surface area contributed by atoms with Gasteiger partial charge in [0.15, 0.2) is 0 Å². The molecular formula is C51H34N4. The van der Waals surface area contributed by atoms with E-state index in [0.29, 0.717) is 0 Å². The fourth-order valence-electron chi connectivity index (χ4n) is 8.60. The molecule has 0 atom stereocenters. The molecule has 4 heteroatoms. The Morgan fingerprint density at radius 2 is 0.982 bits per heavy atom. The van der Waals surface area contributed by atoms with Gasteiger partial charge in [0.2, 0.25) is 0 Å². The normalized spacial score (nSPS) is 12.5. The fourth-order valence-corrected chi connectivity index (χ4v) is 8.60. The van der Waals surface area contributed by atoms with E-state index in [0.717, 1.165) is 52.4 Å². The summed E-state index contributed by atoms with van der Waals surface area (Å²) in [5, 5.41) is 8.67. The Bertz CT molecular complexity index is 3060. The van der Waals surface area contributed by atoms with E-state index in [4.69, 9.17) is 15.0 Å². The van der Waals surface area contributed by atoms with E-state index < -0.39 is 0 Å². The third kappa shape index (κ3) is 5.18. The second-order valence-corrected chi connectivity index (χ2v) is 14.3. The molecule has 0 N–H and O–H groups in total. The van der Waals surface area contributed by atoms with E-state index in [2.05, 4.69) is 168 Å². The van der Waals surface area contributed by atoms with E-state index in [1.165, 1.54) is 65.5 Å². The maximum absolute atomic E-state index is 4.98. The van der Waals surface area contributed by atoms with Crippen LogP contribution < -0.4 is 0 Å². The van der Waals surface area contributed by atoms with Crippen molar-refractivity contribution in [2.45, 2.75) is 12.8 Å². The van der Waals surface area contributed by atoms with Gasteiger partial charge in [-0.25, -0.2) is 4.99 Å². The number of aliphatic imine (C=N–C) groups is 1. The van der Waals surface area contributed by atoms with Gasteiger partial charge in [0, 0.05) is 46.4 Å². The number of benzene rings is 7. The number of hydrogen-bond donors (Lipinski definition) is 0. The number of pyridine rings is 2. The summed E-state index contributed by atoms with van der Waals surface area (Å²) in [6.07, 6.45) is 7.99. The minimum absolute atomic E-state index is 0.844. The molecule has 0 spiro atoms. The van der Waals surface area contributed by atoms with Gasteiger partial charge in [-0.05, 0) is 104 Å². The highest BCUT2D eigenvalue weighted by Crippen LogP contribution is 2.44. The summed E-state index contributed by atoms with van der Waals surface area (Å²) < 4.78 is 2.28. The summed E-state index contributed by atoms with van der Waals surface area (Å²) in [6.45, 7) is 0. The van der Waals surface area contributed by atoms with E-state index in [1.54, 1.807) is 0 Å². The van der Waals surface area contributed by atoms with E-state index in [1.807, 2.05) is 18.6 Å². The standard InChI is InChI=1S/C51H34N4/c1-2-11-35-30-36(20-19-33(35)10-1)49-41-13-3-5-15-43(41)50(44-16-6-4-14-42(44)49)38-24-28-47(54-32-38)46-27-23-37(31-53-46)34-21-25-39(26-22-34)55-48-18-8-7-12-40(48)45-17-9-29-52-51(45)55/h1-8,10-16,18-32H,9,17H2. The van der Waals surface area contributed by atoms with Gasteiger partial charge in [-0.1, -0.05) is 127 Å². The van der Waals surface area contributed by atoms with Crippen LogP contribution in [-0.2, 0) is 6.42 Å². The van der Waals surface area contributed by atoms with Crippen molar-refractivity contribution in [1.29, 1.82) is 0 Å². The van der Waals surface area contributed by atoms with Crippen molar-refractivity contribution in [3.05, 3.63) is 182 Å². The lowest BCUT2D eigenvalue weighted by atomic mass is 9.86. The third-order valence-electron chi connectivity index (χ3n) is 11.2. The number of fused-ring (bicyclic) bond motifs is 6. The van der Waals surface area contributed by atoms with Gasteiger partial charge in [-0.3, -0.25) is 14.5 Å². The zero-order valence-corrected chi connectivity index (χ0v) is 30.0. The molecule has 4 nitrogen and oxygen atoms in total. The van der Waals surface area contributed by atoms with Crippen molar-refractivity contribution >= 4 is 55.3 Å². The van der Waals surface area contributed by atoms with Crippen molar-refractivity contribution in [2.24, 2.45) is 4.99 Å². The highest BCUT2D eigenvalue weighted by molar-refractivity contribution is 6.21. The molecule has 0 fully saturated rings. The number of rotatable bonds is 5. The van der Waals surface area contributed by atoms with Gasteiger partial charge in [-0.2, -0.15) is 0 Å². The lowest BCUT2D eigenvalue weighted by molar-refractivity contribution is 1.00. The molecule has 0 bridgehead atoms. The summed E-state index contributed by atoms with van der Waals surface area (Å²) in [5.74, 6) is 1.05. The quantitative estimate of drug-likeness (QED) is 0.168. The second kappa shape index (κ2) is 12.8. The second-order valence-electron chi connectivity index (χ2n) is 14.3. The van der Waals surface area contributed by atoms with Crippen molar-refractivity contribution in [2.75, 3.05) is 0 Å². The van der Waals surface area contributed by atoms with Crippen LogP contribution in [0.25, 0.3) is 93.7 Å². The largest absolute Gasteiger partial charge is 0.294 e. The lowest BCUT2D eigenvalue weighted by Gasteiger charge is -2.18. The van der Waals surface area contributed by atoms with Gasteiger partial charge >= 0.3 is 0 Å². The molecule has 1 aliphatic heterocycles. The van der Waals surface area contributed by atoms with Crippen LogP contribution in [0.2, 0.25) is 0 Å². The van der Waals surface area contributed by atoms with Crippen LogP contribution in [0, 0.1) is 0 Å². The fraction of sp³-hybridized carbons (Fsp3) is 0.0392. The molecule has 0 amide bonds. The molecule has 0 unspecified atom stereocenters. The van der Waals surface area contributed by atoms with Crippen LogP contribution in [0.1, 0.15) is 12.0 Å². The zero-order valence-electron chi connectivity index (χ0n) is 30.0. The Hall–Kier alpha value is -7.17. The van der Waals surface area contributed by atoms with Crippen LogP contribution in [0.15, 0.2) is 181 Å². The first-order valence-corrected chi connectivity index (χ1v) is 18.9. The SMILES string of the molecule is C1=Nc2c(c3ccccc3n2-c2ccc(-c3ccc(-c4ccc(-c5c6ccccc6c(-c6ccc7ccccc7c6)c6ccccc56)cn4)nc3)cc2)CC1. The molecule has 3 aromatic heterocycles. The Balaban J connectivity index is 0.922. The van der Waals surface area contributed by atoms with Crippen LogP contribution in [0.3, 0.4) is 0 Å². The summed E-state index contributed by atoms with van der Waals surface area (Å²) in [6, 6.07) is 58.7. The Morgan fingerprint density at radius 3 is 1.64 bits per heavy atom. The zero-order chi connectivity index (χ0) is 36.3. The van der Waals surface area contributed by atoms with Crippen molar-refractivity contribution < 1.29 is 0 Å². The van der Waals surface area contributed by atoms with Gasteiger partial charge in [-0.15, -0.1) is 0 Å². The molecule has 11 rings (SSSR count). The first kappa shape index (κ1) is 31.4. The number of nitrogens with zero attached hydrogens (tertiary/aromatic N) is 4. The molecule has 0 saturated carbocycles. The molecule has 1 aliphatic rings. The molecule has 7 aromatic carbocycles. The summed E-state index contributed by atoms with van der Waals surface area (Å²) in [4.78, 5) is 14.7. The van der Waals surface area contributed by atoms with Crippen LogP contribution >= 0.6 is 0 Å². The maximum Gasteiger partial charge on any atom is 0.141 e. The molecule has 0 saturated heterocycles. The summed E-state index contributed by atoms with van der Waals surface area (Å²) >= 11 is 0. The van der Waals surface area contributed by atoms with E-state index in [-0.39, 0.29) is 0 Å². The average molecular weight is 703 g/mol. The molecule has 4 heterocycles. The number of para-hydroxylation sites is 1. The molecule has 10 aromatic rings. The Labute approximate surface area is 318 Å². The average Bonchev–Trinajstić information content (AvgIpc) is 3.60.